The molecule has 0 radical (unpaired) electrons. The van der Waals surface area contributed by atoms with Gasteiger partial charge in [0.2, 0.25) is 0 Å². The molecule has 0 aliphatic rings. The maximum absolute atomic E-state index is 12.0. The van der Waals surface area contributed by atoms with E-state index < -0.39 is 0 Å². The first-order valence-corrected chi connectivity index (χ1v) is 6.47. The van der Waals surface area contributed by atoms with Crippen molar-refractivity contribution in [3.63, 3.8) is 0 Å². The van der Waals surface area contributed by atoms with Crippen molar-refractivity contribution in [3.8, 4) is 0 Å². The zero-order chi connectivity index (χ0) is 13.1. The molecule has 2 aromatic heterocycles. The number of thiophene rings is 1. The lowest BCUT2D eigenvalue weighted by atomic mass is 10.2. The summed E-state index contributed by atoms with van der Waals surface area (Å²) in [4.78, 5) is 18.3. The number of carbonyl (C=O) groups is 1. The van der Waals surface area contributed by atoms with E-state index in [9.17, 15) is 4.79 Å². The second-order valence-electron chi connectivity index (χ2n) is 4.08. The van der Waals surface area contributed by atoms with Gasteiger partial charge in [-0.2, -0.15) is 0 Å². The van der Waals surface area contributed by atoms with Crippen LogP contribution >= 0.6 is 11.3 Å². The Bertz CT molecular complexity index is 565. The van der Waals surface area contributed by atoms with Crippen LogP contribution in [0.1, 0.15) is 33.2 Å². The zero-order valence-corrected chi connectivity index (χ0v) is 11.1. The maximum Gasteiger partial charge on any atom is 0.272 e. The fourth-order valence-corrected chi connectivity index (χ4v) is 2.51. The van der Waals surface area contributed by atoms with Gasteiger partial charge in [0.1, 0.15) is 0 Å². The van der Waals surface area contributed by atoms with Crippen LogP contribution in [0.25, 0.3) is 0 Å². The predicted molar refractivity (Wildman–Crippen MR) is 73.6 cm³/mol. The average Bonchev–Trinajstić information content (AvgIpc) is 2.76. The quantitative estimate of drug-likeness (QED) is 0.892. The number of nitrogens with one attached hydrogen (secondary N) is 1. The lowest BCUT2D eigenvalue weighted by Gasteiger charge is -2.12. The second-order valence-corrected chi connectivity index (χ2v) is 5.40. The molecule has 1 atom stereocenters. The smallest absolute Gasteiger partial charge is 0.272 e. The number of hydrogen-bond donors (Lipinski definition) is 2. The molecule has 1 amide bonds. The van der Waals surface area contributed by atoms with E-state index in [0.29, 0.717) is 5.69 Å². The number of aryl methyl sites for hydroxylation is 1. The second kappa shape index (κ2) is 5.18. The highest BCUT2D eigenvalue weighted by Crippen LogP contribution is 2.22. The van der Waals surface area contributed by atoms with Gasteiger partial charge in [0.25, 0.3) is 5.91 Å². The molecule has 94 valence electrons. The highest BCUT2D eigenvalue weighted by atomic mass is 32.1. The van der Waals surface area contributed by atoms with Crippen molar-refractivity contribution < 1.29 is 4.79 Å². The number of amides is 1. The summed E-state index contributed by atoms with van der Waals surface area (Å²) in [5, 5.41) is 2.90. The molecule has 4 nitrogen and oxygen atoms in total. The molecular formula is C13H15N3OS. The van der Waals surface area contributed by atoms with Gasteiger partial charge in [-0.3, -0.25) is 4.79 Å². The van der Waals surface area contributed by atoms with Gasteiger partial charge in [0.15, 0.2) is 5.69 Å². The fraction of sp³-hybridized carbons (Fsp3) is 0.231. The monoisotopic (exact) mass is 261 g/mol. The van der Waals surface area contributed by atoms with Crippen LogP contribution in [0, 0.1) is 6.92 Å². The van der Waals surface area contributed by atoms with Crippen molar-refractivity contribution >= 4 is 22.9 Å². The van der Waals surface area contributed by atoms with Crippen LogP contribution in [-0.4, -0.2) is 10.9 Å². The number of rotatable bonds is 3. The Labute approximate surface area is 110 Å². The van der Waals surface area contributed by atoms with Crippen molar-refractivity contribution in [3.05, 3.63) is 45.9 Å². The molecular weight excluding hydrogens is 246 g/mol. The topological polar surface area (TPSA) is 68.0 Å². The third-order valence-corrected chi connectivity index (χ3v) is 3.77. The number of aromatic nitrogens is 1. The first-order chi connectivity index (χ1) is 8.58. The van der Waals surface area contributed by atoms with E-state index >= 15 is 0 Å². The highest BCUT2D eigenvalue weighted by Gasteiger charge is 2.15. The van der Waals surface area contributed by atoms with E-state index in [4.69, 9.17) is 5.73 Å². The molecule has 2 rings (SSSR count). The predicted octanol–water partition coefficient (Wildman–Crippen LogP) is 2.52. The Morgan fingerprint density at radius 2 is 2.22 bits per heavy atom. The zero-order valence-electron chi connectivity index (χ0n) is 10.3. The lowest BCUT2D eigenvalue weighted by molar-refractivity contribution is 0.0936. The number of carbonyl (C=O) groups excluding carboxylic acids is 1. The Balaban J connectivity index is 2.10. The Morgan fingerprint density at radius 3 is 2.83 bits per heavy atom. The van der Waals surface area contributed by atoms with E-state index in [1.54, 1.807) is 29.7 Å². The van der Waals surface area contributed by atoms with Crippen LogP contribution in [0.4, 0.5) is 5.69 Å². The molecule has 0 saturated carbocycles. The summed E-state index contributed by atoms with van der Waals surface area (Å²) in [6, 6.07) is 7.39. The largest absolute Gasteiger partial charge is 0.397 e. The van der Waals surface area contributed by atoms with E-state index in [1.807, 2.05) is 26.0 Å². The van der Waals surface area contributed by atoms with Gasteiger partial charge >= 0.3 is 0 Å². The molecule has 2 aromatic rings. The molecule has 0 aliphatic carbocycles. The highest BCUT2D eigenvalue weighted by molar-refractivity contribution is 7.12. The fourth-order valence-electron chi connectivity index (χ4n) is 1.63. The lowest BCUT2D eigenvalue weighted by Crippen LogP contribution is -2.27. The third-order valence-electron chi connectivity index (χ3n) is 2.59. The number of nitrogens with two attached hydrogens (primary N) is 1. The summed E-state index contributed by atoms with van der Waals surface area (Å²) >= 11 is 1.67. The Kier molecular flexibility index (Phi) is 3.62. The van der Waals surface area contributed by atoms with E-state index in [-0.39, 0.29) is 17.6 Å². The summed E-state index contributed by atoms with van der Waals surface area (Å²) in [5.41, 5.74) is 6.39. The molecule has 0 fully saturated rings. The van der Waals surface area contributed by atoms with Gasteiger partial charge in [0, 0.05) is 16.0 Å². The van der Waals surface area contributed by atoms with Gasteiger partial charge < -0.3 is 11.1 Å². The molecule has 0 aromatic carbocycles. The van der Waals surface area contributed by atoms with Gasteiger partial charge in [0.05, 0.1) is 11.7 Å². The van der Waals surface area contributed by atoms with Crippen molar-refractivity contribution in [2.75, 3.05) is 5.73 Å². The first kappa shape index (κ1) is 12.6. The molecule has 5 heteroatoms. The van der Waals surface area contributed by atoms with Crippen molar-refractivity contribution in [1.29, 1.82) is 0 Å². The van der Waals surface area contributed by atoms with Gasteiger partial charge in [-0.15, -0.1) is 11.3 Å². The minimum Gasteiger partial charge on any atom is -0.397 e. The number of nitrogen functional groups attached to an aromatic ring is 1. The molecule has 0 spiro atoms. The van der Waals surface area contributed by atoms with Crippen LogP contribution in [0.2, 0.25) is 0 Å². The van der Waals surface area contributed by atoms with Crippen LogP contribution in [0.15, 0.2) is 30.5 Å². The number of pyridine rings is 1. The van der Waals surface area contributed by atoms with Crippen LogP contribution in [0.5, 0.6) is 0 Å². The number of hydrogen-bond acceptors (Lipinski definition) is 4. The van der Waals surface area contributed by atoms with E-state index in [2.05, 4.69) is 10.3 Å². The molecule has 2 heterocycles. The van der Waals surface area contributed by atoms with Crippen molar-refractivity contribution in [1.82, 2.24) is 10.3 Å². The summed E-state index contributed by atoms with van der Waals surface area (Å²) in [6.07, 6.45) is 1.56. The molecule has 0 aliphatic heterocycles. The first-order valence-electron chi connectivity index (χ1n) is 5.65. The summed E-state index contributed by atoms with van der Waals surface area (Å²) in [6.45, 7) is 3.99. The normalized spacial score (nSPS) is 12.1. The van der Waals surface area contributed by atoms with Crippen LogP contribution in [0.3, 0.4) is 0 Å². The van der Waals surface area contributed by atoms with E-state index in [1.165, 1.54) is 4.88 Å². The van der Waals surface area contributed by atoms with Gasteiger partial charge in [-0.25, -0.2) is 4.98 Å². The minimum absolute atomic E-state index is 0.0439. The Hall–Kier alpha value is -1.88. The Morgan fingerprint density at radius 1 is 1.44 bits per heavy atom. The number of anilines is 1. The number of nitrogens with zero attached hydrogens (tertiary/aromatic N) is 1. The summed E-state index contributed by atoms with van der Waals surface area (Å²) < 4.78 is 0. The summed E-state index contributed by atoms with van der Waals surface area (Å²) in [5.74, 6) is -0.244. The van der Waals surface area contributed by atoms with Crippen molar-refractivity contribution in [2.45, 2.75) is 19.9 Å². The third kappa shape index (κ3) is 2.68. The minimum atomic E-state index is -0.244. The SMILES string of the molecule is Cc1ccc(C(C)NC(=O)c2ncccc2N)s1. The van der Waals surface area contributed by atoms with Crippen LogP contribution < -0.4 is 11.1 Å². The maximum atomic E-state index is 12.0. The van der Waals surface area contributed by atoms with Gasteiger partial charge in [-0.1, -0.05) is 0 Å². The molecule has 3 N–H and O–H groups in total. The standard InChI is InChI=1S/C13H15N3OS/c1-8-5-6-11(18-8)9(2)16-13(17)12-10(14)4-3-7-15-12/h3-7,9H,14H2,1-2H3,(H,16,17). The molecule has 1 unspecified atom stereocenters. The summed E-state index contributed by atoms with van der Waals surface area (Å²) in [7, 11) is 0. The van der Waals surface area contributed by atoms with Crippen molar-refractivity contribution in [2.24, 2.45) is 0 Å². The molecule has 18 heavy (non-hydrogen) atoms. The van der Waals surface area contributed by atoms with Crippen LogP contribution in [-0.2, 0) is 0 Å². The molecule has 0 saturated heterocycles. The van der Waals surface area contributed by atoms with Gasteiger partial charge in [-0.05, 0) is 38.1 Å². The van der Waals surface area contributed by atoms with E-state index in [0.717, 1.165) is 4.88 Å². The average molecular weight is 261 g/mol. The molecule has 0 bridgehead atoms.